The lowest BCUT2D eigenvalue weighted by molar-refractivity contribution is -0.140. The molecule has 1 aromatic carbocycles. The first-order chi connectivity index (χ1) is 12.3. The molecule has 1 aromatic rings. The standard InChI is InChI=1S/C20H28N2O3/c1-24-19-5-3-2-4-16(19)8-9-20(23)21-10-11-22-17(12-21)13-25-14-18(22)15-6-7-15/h2-5,15,17-18H,6-14H2,1H3/t17-,18-/m1/s1. The highest BCUT2D eigenvalue weighted by molar-refractivity contribution is 5.76. The number of hydrogen-bond acceptors (Lipinski definition) is 4. The molecule has 0 bridgehead atoms. The van der Waals surface area contributed by atoms with Crippen molar-refractivity contribution in [2.75, 3.05) is 40.0 Å². The van der Waals surface area contributed by atoms with Crippen molar-refractivity contribution >= 4 is 5.91 Å². The Kier molecular flexibility index (Phi) is 4.95. The molecule has 3 aliphatic rings. The van der Waals surface area contributed by atoms with E-state index in [2.05, 4.69) is 4.90 Å². The van der Waals surface area contributed by atoms with E-state index in [-0.39, 0.29) is 5.91 Å². The molecule has 2 heterocycles. The fourth-order valence-electron chi connectivity index (χ4n) is 4.30. The van der Waals surface area contributed by atoms with E-state index in [1.807, 2.05) is 29.2 Å². The van der Waals surface area contributed by atoms with Gasteiger partial charge in [0.1, 0.15) is 5.75 Å². The third-order valence-corrected chi connectivity index (χ3v) is 5.87. The highest BCUT2D eigenvalue weighted by Crippen LogP contribution is 2.38. The van der Waals surface area contributed by atoms with Crippen LogP contribution >= 0.6 is 0 Å². The maximum atomic E-state index is 12.7. The Hall–Kier alpha value is -1.59. The molecule has 3 fully saturated rings. The van der Waals surface area contributed by atoms with E-state index in [1.54, 1.807) is 7.11 Å². The average molecular weight is 344 g/mol. The second-order valence-electron chi connectivity index (χ2n) is 7.49. The SMILES string of the molecule is COc1ccccc1CCC(=O)N1CCN2[C@@H](COC[C@@H]2C2CC2)C1. The van der Waals surface area contributed by atoms with Crippen LogP contribution in [0.2, 0.25) is 0 Å². The quantitative estimate of drug-likeness (QED) is 0.819. The van der Waals surface area contributed by atoms with Crippen LogP contribution in [0.3, 0.4) is 0 Å². The van der Waals surface area contributed by atoms with Gasteiger partial charge >= 0.3 is 0 Å². The molecule has 136 valence electrons. The summed E-state index contributed by atoms with van der Waals surface area (Å²) in [5.74, 6) is 1.95. The summed E-state index contributed by atoms with van der Waals surface area (Å²) < 4.78 is 11.2. The molecule has 5 heteroatoms. The van der Waals surface area contributed by atoms with E-state index in [9.17, 15) is 4.79 Å². The molecule has 5 nitrogen and oxygen atoms in total. The molecule has 0 aromatic heterocycles. The number of piperazine rings is 1. The van der Waals surface area contributed by atoms with Crippen molar-refractivity contribution in [2.45, 2.75) is 37.8 Å². The van der Waals surface area contributed by atoms with Gasteiger partial charge in [-0.15, -0.1) is 0 Å². The van der Waals surface area contributed by atoms with Crippen molar-refractivity contribution in [1.29, 1.82) is 0 Å². The lowest BCUT2D eigenvalue weighted by Crippen LogP contribution is -2.63. The number of carbonyl (C=O) groups is 1. The first-order valence-electron chi connectivity index (χ1n) is 9.49. The van der Waals surface area contributed by atoms with Crippen LogP contribution in [0.1, 0.15) is 24.8 Å². The summed E-state index contributed by atoms with van der Waals surface area (Å²) in [5, 5.41) is 0. The zero-order valence-corrected chi connectivity index (χ0v) is 15.0. The Morgan fingerprint density at radius 3 is 2.88 bits per heavy atom. The fourth-order valence-corrected chi connectivity index (χ4v) is 4.30. The van der Waals surface area contributed by atoms with Gasteiger partial charge in [0.15, 0.2) is 0 Å². The lowest BCUT2D eigenvalue weighted by atomic mass is 10.0. The van der Waals surface area contributed by atoms with Gasteiger partial charge in [-0.2, -0.15) is 0 Å². The van der Waals surface area contributed by atoms with Gasteiger partial charge in [-0.05, 0) is 36.8 Å². The smallest absolute Gasteiger partial charge is 0.223 e. The average Bonchev–Trinajstić information content (AvgIpc) is 3.50. The van der Waals surface area contributed by atoms with Crippen molar-refractivity contribution < 1.29 is 14.3 Å². The molecule has 2 saturated heterocycles. The van der Waals surface area contributed by atoms with Gasteiger partial charge in [0.2, 0.25) is 5.91 Å². The molecule has 2 atom stereocenters. The Morgan fingerprint density at radius 2 is 2.08 bits per heavy atom. The first-order valence-corrected chi connectivity index (χ1v) is 9.49. The van der Waals surface area contributed by atoms with Crippen molar-refractivity contribution in [1.82, 2.24) is 9.80 Å². The summed E-state index contributed by atoms with van der Waals surface area (Å²) in [7, 11) is 1.68. The van der Waals surface area contributed by atoms with Crippen LogP contribution in [0.5, 0.6) is 5.75 Å². The maximum absolute atomic E-state index is 12.7. The number of ether oxygens (including phenoxy) is 2. The Labute approximate surface area is 149 Å². The van der Waals surface area contributed by atoms with Gasteiger partial charge in [-0.3, -0.25) is 9.69 Å². The van der Waals surface area contributed by atoms with E-state index in [4.69, 9.17) is 9.47 Å². The van der Waals surface area contributed by atoms with Crippen LogP contribution in [-0.4, -0.2) is 67.7 Å². The third kappa shape index (κ3) is 3.67. The minimum absolute atomic E-state index is 0.249. The Balaban J connectivity index is 1.32. The van der Waals surface area contributed by atoms with Crippen LogP contribution in [0, 0.1) is 5.92 Å². The number of rotatable bonds is 5. The van der Waals surface area contributed by atoms with Gasteiger partial charge in [-0.1, -0.05) is 18.2 Å². The maximum Gasteiger partial charge on any atom is 0.223 e. The second kappa shape index (κ2) is 7.34. The number of morpholine rings is 1. The zero-order chi connectivity index (χ0) is 17.2. The normalized spacial score (nSPS) is 27.0. The Morgan fingerprint density at radius 1 is 1.24 bits per heavy atom. The molecule has 2 aliphatic heterocycles. The summed E-state index contributed by atoms with van der Waals surface area (Å²) in [6.07, 6.45) is 3.96. The van der Waals surface area contributed by atoms with Crippen molar-refractivity contribution in [3.05, 3.63) is 29.8 Å². The second-order valence-corrected chi connectivity index (χ2v) is 7.49. The minimum Gasteiger partial charge on any atom is -0.496 e. The number of aryl methyl sites for hydroxylation is 1. The van der Waals surface area contributed by atoms with Crippen molar-refractivity contribution in [2.24, 2.45) is 5.92 Å². The van der Waals surface area contributed by atoms with Crippen molar-refractivity contribution in [3.8, 4) is 5.75 Å². The summed E-state index contributed by atoms with van der Waals surface area (Å²) in [4.78, 5) is 17.4. The predicted octanol–water partition coefficient (Wildman–Crippen LogP) is 1.95. The number of nitrogens with zero attached hydrogens (tertiary/aromatic N) is 2. The van der Waals surface area contributed by atoms with E-state index in [0.29, 0.717) is 18.5 Å². The monoisotopic (exact) mass is 344 g/mol. The number of benzene rings is 1. The molecular weight excluding hydrogens is 316 g/mol. The van der Waals surface area contributed by atoms with E-state index >= 15 is 0 Å². The summed E-state index contributed by atoms with van der Waals surface area (Å²) in [5.41, 5.74) is 1.10. The van der Waals surface area contributed by atoms with E-state index < -0.39 is 0 Å². The molecule has 0 radical (unpaired) electrons. The van der Waals surface area contributed by atoms with Crippen LogP contribution in [-0.2, 0) is 16.0 Å². The van der Waals surface area contributed by atoms with Gasteiger partial charge < -0.3 is 14.4 Å². The summed E-state index contributed by atoms with van der Waals surface area (Å²) in [6.45, 7) is 4.30. The number of amides is 1. The Bertz CT molecular complexity index is 617. The molecule has 4 rings (SSSR count). The van der Waals surface area contributed by atoms with Gasteiger partial charge in [-0.25, -0.2) is 0 Å². The number of fused-ring (bicyclic) bond motifs is 1. The predicted molar refractivity (Wildman–Crippen MR) is 95.7 cm³/mol. The van der Waals surface area contributed by atoms with E-state index in [1.165, 1.54) is 12.8 Å². The van der Waals surface area contributed by atoms with Crippen LogP contribution in [0.25, 0.3) is 0 Å². The zero-order valence-electron chi connectivity index (χ0n) is 15.0. The van der Waals surface area contributed by atoms with Crippen LogP contribution in [0.4, 0.5) is 0 Å². The number of carbonyl (C=O) groups excluding carboxylic acids is 1. The molecule has 0 N–H and O–H groups in total. The van der Waals surface area contributed by atoms with Crippen LogP contribution < -0.4 is 4.74 Å². The topological polar surface area (TPSA) is 42.0 Å². The van der Waals surface area contributed by atoms with Crippen molar-refractivity contribution in [3.63, 3.8) is 0 Å². The first kappa shape index (κ1) is 16.9. The molecule has 1 saturated carbocycles. The number of para-hydroxylation sites is 1. The minimum atomic E-state index is 0.249. The molecule has 25 heavy (non-hydrogen) atoms. The summed E-state index contributed by atoms with van der Waals surface area (Å²) in [6, 6.07) is 8.92. The molecule has 1 amide bonds. The molecule has 0 spiro atoms. The number of methoxy groups -OCH3 is 1. The van der Waals surface area contributed by atoms with Gasteiger partial charge in [0, 0.05) is 32.1 Å². The number of hydrogen-bond donors (Lipinski definition) is 0. The van der Waals surface area contributed by atoms with Crippen LogP contribution in [0.15, 0.2) is 24.3 Å². The summed E-state index contributed by atoms with van der Waals surface area (Å²) >= 11 is 0. The third-order valence-electron chi connectivity index (χ3n) is 5.87. The molecular formula is C20H28N2O3. The highest BCUT2D eigenvalue weighted by atomic mass is 16.5. The lowest BCUT2D eigenvalue weighted by Gasteiger charge is -2.48. The highest BCUT2D eigenvalue weighted by Gasteiger charge is 2.43. The molecule has 0 unspecified atom stereocenters. The molecule has 1 aliphatic carbocycles. The van der Waals surface area contributed by atoms with E-state index in [0.717, 1.165) is 56.5 Å². The van der Waals surface area contributed by atoms with Gasteiger partial charge in [0.25, 0.3) is 0 Å². The van der Waals surface area contributed by atoms with Gasteiger partial charge in [0.05, 0.1) is 26.4 Å². The largest absolute Gasteiger partial charge is 0.496 e. The fraction of sp³-hybridized carbons (Fsp3) is 0.650.